The van der Waals surface area contributed by atoms with Crippen molar-refractivity contribution in [3.05, 3.63) is 37.5 Å². The van der Waals surface area contributed by atoms with Crippen molar-refractivity contribution in [3.8, 4) is 0 Å². The number of carbonyl (C=O) groups is 3. The summed E-state index contributed by atoms with van der Waals surface area (Å²) in [5, 5.41) is 23.9. The largest absolute Gasteiger partial charge is 0.478 e. The number of hydrogen-bond acceptors (Lipinski definition) is 3. The molecule has 6 heteroatoms. The molecule has 6 nitrogen and oxygen atoms in total. The van der Waals surface area contributed by atoms with E-state index in [0.29, 0.717) is 17.9 Å². The Morgan fingerprint density at radius 3 is 1.61 bits per heavy atom. The molecule has 0 aromatic carbocycles. The van der Waals surface area contributed by atoms with Gasteiger partial charge in [0, 0.05) is 17.7 Å². The summed E-state index contributed by atoms with van der Waals surface area (Å²) in [6, 6.07) is 0. The van der Waals surface area contributed by atoms with Gasteiger partial charge in [-0.2, -0.15) is 0 Å². The van der Waals surface area contributed by atoms with Crippen LogP contribution in [0.15, 0.2) is 37.5 Å². The van der Waals surface area contributed by atoms with Gasteiger partial charge in [-0.25, -0.2) is 14.4 Å². The van der Waals surface area contributed by atoms with Gasteiger partial charge in [0.25, 0.3) is 0 Å². The molecule has 0 radical (unpaired) electrons. The Morgan fingerprint density at radius 1 is 1.00 bits per heavy atom. The van der Waals surface area contributed by atoms with Gasteiger partial charge in [-0.15, -0.1) is 0 Å². The van der Waals surface area contributed by atoms with E-state index in [1.807, 2.05) is 0 Å². The molecule has 0 aliphatic rings. The van der Waals surface area contributed by atoms with Gasteiger partial charge in [0.1, 0.15) is 0 Å². The number of hydrogen-bond donors (Lipinski definition) is 3. The molecule has 132 valence electrons. The van der Waals surface area contributed by atoms with E-state index < -0.39 is 17.9 Å². The summed E-state index contributed by atoms with van der Waals surface area (Å²) in [6.45, 7) is 13.7. The van der Waals surface area contributed by atoms with Crippen molar-refractivity contribution in [1.82, 2.24) is 0 Å². The van der Waals surface area contributed by atoms with Gasteiger partial charge in [0.15, 0.2) is 0 Å². The second-order valence-corrected chi connectivity index (χ2v) is 4.61. The van der Waals surface area contributed by atoms with Gasteiger partial charge in [-0.3, -0.25) is 0 Å². The lowest BCUT2D eigenvalue weighted by Gasteiger charge is -2.13. The van der Waals surface area contributed by atoms with E-state index in [4.69, 9.17) is 15.3 Å². The van der Waals surface area contributed by atoms with Crippen molar-refractivity contribution in [2.24, 2.45) is 5.92 Å². The van der Waals surface area contributed by atoms with Crippen LogP contribution in [0, 0.1) is 5.92 Å². The first-order chi connectivity index (χ1) is 10.7. The summed E-state index contributed by atoms with van der Waals surface area (Å²) in [4.78, 5) is 29.0. The highest BCUT2D eigenvalue weighted by Gasteiger charge is 2.11. The van der Waals surface area contributed by atoms with E-state index in [1.165, 1.54) is 12.8 Å². The Bertz CT molecular complexity index is 380. The highest BCUT2D eigenvalue weighted by molar-refractivity contribution is 5.85. The lowest BCUT2D eigenvalue weighted by atomic mass is 9.92. The molecule has 1 atom stereocenters. The van der Waals surface area contributed by atoms with Gasteiger partial charge in [-0.1, -0.05) is 59.3 Å². The summed E-state index contributed by atoms with van der Waals surface area (Å²) in [5.41, 5.74) is 0.350. The molecule has 0 saturated carbocycles. The van der Waals surface area contributed by atoms with Crippen LogP contribution in [0.1, 0.15) is 46.0 Å². The molecule has 0 fully saturated rings. The molecule has 0 heterocycles. The summed E-state index contributed by atoms with van der Waals surface area (Å²) in [7, 11) is 0. The van der Waals surface area contributed by atoms with Crippen LogP contribution < -0.4 is 0 Å². The number of rotatable bonds is 9. The Kier molecular flexibility index (Phi) is 19.7. The van der Waals surface area contributed by atoms with E-state index in [2.05, 4.69) is 33.6 Å². The molecule has 3 N–H and O–H groups in total. The van der Waals surface area contributed by atoms with Crippen molar-refractivity contribution in [1.29, 1.82) is 0 Å². The first kappa shape index (κ1) is 25.6. The summed E-state index contributed by atoms with van der Waals surface area (Å²) >= 11 is 0. The topological polar surface area (TPSA) is 112 Å². The smallest absolute Gasteiger partial charge is 0.330 e. The molecule has 0 aliphatic heterocycles. The maximum atomic E-state index is 10.5. The van der Waals surface area contributed by atoms with E-state index in [-0.39, 0.29) is 0 Å². The molecule has 0 rings (SSSR count). The molecule has 23 heavy (non-hydrogen) atoms. The average Bonchev–Trinajstić information content (AvgIpc) is 2.51. The van der Waals surface area contributed by atoms with Gasteiger partial charge >= 0.3 is 17.9 Å². The molecule has 0 bridgehead atoms. The van der Waals surface area contributed by atoms with E-state index in [1.54, 1.807) is 0 Å². The number of carboxylic acids is 3. The summed E-state index contributed by atoms with van der Waals surface area (Å²) < 4.78 is 0. The van der Waals surface area contributed by atoms with Crippen LogP contribution in [0.25, 0.3) is 0 Å². The van der Waals surface area contributed by atoms with Gasteiger partial charge in [0.05, 0.1) is 0 Å². The van der Waals surface area contributed by atoms with Crippen molar-refractivity contribution < 1.29 is 29.7 Å². The summed E-state index contributed by atoms with van der Waals surface area (Å²) in [5.74, 6) is -2.31. The fraction of sp³-hybridized carbons (Fsp3) is 0.471. The molecule has 0 saturated heterocycles. The van der Waals surface area contributed by atoms with Crippen molar-refractivity contribution in [2.75, 3.05) is 0 Å². The van der Waals surface area contributed by atoms with Crippen molar-refractivity contribution >= 4 is 17.9 Å². The molecule has 1 unspecified atom stereocenters. The molecule has 0 spiro atoms. The third-order valence-electron chi connectivity index (χ3n) is 2.73. The molecule has 0 aromatic heterocycles. The standard InChI is InChI=1S/C11H20O2.2C3H4O2/c1-4-6-7-10(5-2)8-9(3)11(12)13;2*1-2-3(4)5/h10H,3-8H2,1-2H3,(H,12,13);2*2H,1H2,(H,4,5). The van der Waals surface area contributed by atoms with E-state index >= 15 is 0 Å². The first-order valence-electron chi connectivity index (χ1n) is 7.27. The fourth-order valence-electron chi connectivity index (χ4n) is 1.38. The predicted octanol–water partition coefficient (Wildman–Crippen LogP) is 3.75. The summed E-state index contributed by atoms with van der Waals surface area (Å²) in [6.07, 6.45) is 6.85. The predicted molar refractivity (Wildman–Crippen MR) is 90.4 cm³/mol. The lowest BCUT2D eigenvalue weighted by molar-refractivity contribution is -0.133. The minimum atomic E-state index is -0.981. The maximum absolute atomic E-state index is 10.5. The van der Waals surface area contributed by atoms with Gasteiger partial charge in [-0.05, 0) is 12.3 Å². The molecule has 0 amide bonds. The van der Waals surface area contributed by atoms with Crippen LogP contribution in [0.5, 0.6) is 0 Å². The highest BCUT2D eigenvalue weighted by atomic mass is 16.4. The van der Waals surface area contributed by atoms with E-state index in [9.17, 15) is 14.4 Å². The van der Waals surface area contributed by atoms with Crippen LogP contribution >= 0.6 is 0 Å². The molecular weight excluding hydrogens is 300 g/mol. The van der Waals surface area contributed by atoms with Crippen molar-refractivity contribution in [2.45, 2.75) is 46.0 Å². The normalized spacial score (nSPS) is 9.83. The second-order valence-electron chi connectivity index (χ2n) is 4.61. The monoisotopic (exact) mass is 328 g/mol. The maximum Gasteiger partial charge on any atom is 0.330 e. The van der Waals surface area contributed by atoms with Crippen LogP contribution in [-0.2, 0) is 14.4 Å². The zero-order valence-electron chi connectivity index (χ0n) is 14.0. The fourth-order valence-corrected chi connectivity index (χ4v) is 1.38. The number of carboxylic acid groups (broad SMARTS) is 3. The second kappa shape index (κ2) is 17.7. The Morgan fingerprint density at radius 2 is 1.39 bits per heavy atom. The minimum absolute atomic E-state index is 0.350. The SMILES string of the molecule is C=C(CC(CC)CCCC)C(=O)O.C=CC(=O)O.C=CC(=O)O. The highest BCUT2D eigenvalue weighted by Crippen LogP contribution is 2.20. The number of aliphatic carboxylic acids is 3. The van der Waals surface area contributed by atoms with Crippen molar-refractivity contribution in [3.63, 3.8) is 0 Å². The van der Waals surface area contributed by atoms with Crippen LogP contribution in [0.3, 0.4) is 0 Å². The Hall–Kier alpha value is -2.37. The lowest BCUT2D eigenvalue weighted by Crippen LogP contribution is -2.06. The zero-order chi connectivity index (χ0) is 18.8. The molecular formula is C17H28O6. The first-order valence-corrected chi connectivity index (χ1v) is 7.27. The molecule has 0 aromatic rings. The van der Waals surface area contributed by atoms with Gasteiger partial charge < -0.3 is 15.3 Å². The quantitative estimate of drug-likeness (QED) is 0.556. The average molecular weight is 328 g/mol. The van der Waals surface area contributed by atoms with Crippen LogP contribution in [-0.4, -0.2) is 33.2 Å². The van der Waals surface area contributed by atoms with Crippen LogP contribution in [0.2, 0.25) is 0 Å². The molecule has 0 aliphatic carbocycles. The van der Waals surface area contributed by atoms with Crippen LogP contribution in [0.4, 0.5) is 0 Å². The van der Waals surface area contributed by atoms with Gasteiger partial charge in [0.2, 0.25) is 0 Å². The Labute approximate surface area is 137 Å². The zero-order valence-corrected chi connectivity index (χ0v) is 14.0. The number of unbranched alkanes of at least 4 members (excludes halogenated alkanes) is 1. The van der Waals surface area contributed by atoms with E-state index in [0.717, 1.165) is 25.0 Å². The minimum Gasteiger partial charge on any atom is -0.478 e. The Balaban J connectivity index is -0.000000329. The third kappa shape index (κ3) is 25.0. The third-order valence-corrected chi connectivity index (χ3v) is 2.73.